The summed E-state index contributed by atoms with van der Waals surface area (Å²) in [6.07, 6.45) is 2.11. The Labute approximate surface area is 205 Å². The summed E-state index contributed by atoms with van der Waals surface area (Å²) in [6.45, 7) is 4.23. The number of carbonyl (C=O) groups excluding carboxylic acids is 1. The van der Waals surface area contributed by atoms with E-state index in [1.807, 2.05) is 50.2 Å². The molecule has 0 radical (unpaired) electrons. The van der Waals surface area contributed by atoms with Crippen molar-refractivity contribution in [3.8, 4) is 0 Å². The number of nitrogens with zero attached hydrogens (tertiary/aromatic N) is 5. The van der Waals surface area contributed by atoms with E-state index in [-0.39, 0.29) is 31.1 Å². The number of carbonyl (C=O) groups is 1. The Morgan fingerprint density at radius 2 is 2.03 bits per heavy atom. The monoisotopic (exact) mass is 490 g/mol. The average molecular weight is 491 g/mol. The van der Waals surface area contributed by atoms with Gasteiger partial charge in [0.1, 0.15) is 24.1 Å². The summed E-state index contributed by atoms with van der Waals surface area (Å²) in [5.41, 5.74) is 3.20. The highest BCUT2D eigenvalue weighted by Crippen LogP contribution is 2.26. The van der Waals surface area contributed by atoms with Crippen LogP contribution in [-0.4, -0.2) is 30.2 Å². The summed E-state index contributed by atoms with van der Waals surface area (Å²) in [6, 6.07) is 13.2. The quantitative estimate of drug-likeness (QED) is 0.373. The van der Waals surface area contributed by atoms with Crippen molar-refractivity contribution >= 4 is 39.4 Å². The molecule has 0 saturated heterocycles. The molecule has 0 spiro atoms. The number of fused-ring (bicyclic) bond motifs is 3. The van der Waals surface area contributed by atoms with Crippen LogP contribution in [0.2, 0.25) is 5.02 Å². The van der Waals surface area contributed by atoms with Crippen LogP contribution in [-0.2, 0) is 30.8 Å². The van der Waals surface area contributed by atoms with Gasteiger partial charge in [-0.25, -0.2) is 4.98 Å². The Bertz CT molecular complexity index is 1620. The highest BCUT2D eigenvalue weighted by molar-refractivity contribution is 6.31. The fourth-order valence-corrected chi connectivity index (χ4v) is 4.27. The van der Waals surface area contributed by atoms with Gasteiger partial charge in [0, 0.05) is 23.4 Å². The van der Waals surface area contributed by atoms with E-state index in [2.05, 4.69) is 20.4 Å². The fraction of sp³-hybridized carbons (Fsp3) is 0.240. The molecule has 0 unspecified atom stereocenters. The number of benzene rings is 2. The zero-order valence-electron chi connectivity index (χ0n) is 19.3. The van der Waals surface area contributed by atoms with Gasteiger partial charge in [0.25, 0.3) is 5.56 Å². The van der Waals surface area contributed by atoms with Crippen LogP contribution in [0, 0.1) is 6.92 Å². The Hall–Kier alpha value is -3.98. The van der Waals surface area contributed by atoms with Gasteiger partial charge in [0.15, 0.2) is 5.82 Å². The van der Waals surface area contributed by atoms with E-state index in [1.54, 1.807) is 10.6 Å². The number of aryl methyl sites for hydroxylation is 2. The highest BCUT2D eigenvalue weighted by atomic mass is 35.5. The molecule has 10 heteroatoms. The predicted octanol–water partition coefficient (Wildman–Crippen LogP) is 3.62. The van der Waals surface area contributed by atoms with Gasteiger partial charge in [0.05, 0.1) is 11.8 Å². The lowest BCUT2D eigenvalue weighted by atomic mass is 10.1. The second kappa shape index (κ2) is 9.34. The van der Waals surface area contributed by atoms with Gasteiger partial charge in [-0.2, -0.15) is 4.98 Å². The van der Waals surface area contributed by atoms with Crippen LogP contribution in [0.3, 0.4) is 0 Å². The highest BCUT2D eigenvalue weighted by Gasteiger charge is 2.19. The molecule has 0 saturated carbocycles. The Kier molecular flexibility index (Phi) is 6.08. The summed E-state index contributed by atoms with van der Waals surface area (Å²) >= 11 is 6.21. The van der Waals surface area contributed by atoms with E-state index in [1.165, 1.54) is 10.9 Å². The molecule has 0 aliphatic rings. The van der Waals surface area contributed by atoms with E-state index in [4.69, 9.17) is 16.1 Å². The van der Waals surface area contributed by atoms with Crippen molar-refractivity contribution in [2.24, 2.45) is 0 Å². The lowest BCUT2D eigenvalue weighted by molar-refractivity contribution is -0.121. The molecular weight excluding hydrogens is 468 g/mol. The Morgan fingerprint density at radius 1 is 1.20 bits per heavy atom. The topological polar surface area (TPSA) is 108 Å². The van der Waals surface area contributed by atoms with Gasteiger partial charge in [-0.05, 0) is 30.7 Å². The zero-order chi connectivity index (χ0) is 24.5. The first-order valence-corrected chi connectivity index (χ1v) is 11.6. The summed E-state index contributed by atoms with van der Waals surface area (Å²) in [5.74, 6) is 0.645. The smallest absolute Gasteiger partial charge is 0.278 e. The van der Waals surface area contributed by atoms with Crippen LogP contribution in [0.1, 0.15) is 29.8 Å². The van der Waals surface area contributed by atoms with Crippen LogP contribution >= 0.6 is 11.6 Å². The molecule has 1 N–H and O–H groups in total. The minimum absolute atomic E-state index is 0.0466. The molecule has 0 bridgehead atoms. The molecule has 178 valence electrons. The zero-order valence-corrected chi connectivity index (χ0v) is 20.0. The van der Waals surface area contributed by atoms with E-state index in [0.29, 0.717) is 34.2 Å². The van der Waals surface area contributed by atoms with Crippen LogP contribution in [0.25, 0.3) is 21.9 Å². The maximum Gasteiger partial charge on any atom is 0.278 e. The lowest BCUT2D eigenvalue weighted by Gasteiger charge is -2.10. The molecule has 3 heterocycles. The third kappa shape index (κ3) is 4.42. The van der Waals surface area contributed by atoms with Crippen LogP contribution in [0.4, 0.5) is 0 Å². The molecular formula is C25H23ClN6O3. The lowest BCUT2D eigenvalue weighted by Crippen LogP contribution is -2.29. The van der Waals surface area contributed by atoms with Crippen LogP contribution < -0.4 is 10.9 Å². The van der Waals surface area contributed by atoms with Gasteiger partial charge in [-0.3, -0.25) is 14.2 Å². The third-order valence-corrected chi connectivity index (χ3v) is 6.22. The maximum absolute atomic E-state index is 13.6. The van der Waals surface area contributed by atoms with Crippen molar-refractivity contribution in [2.75, 3.05) is 0 Å². The third-order valence-electron chi connectivity index (χ3n) is 5.85. The van der Waals surface area contributed by atoms with Crippen molar-refractivity contribution in [1.82, 2.24) is 29.6 Å². The number of amides is 1. The standard InChI is InChI=1S/C25H23ClN6O3/c1-3-20-29-22(35-30-20)13-31-14-28-23-17-10-15(2)8-9-19(17)32(24(23)25(31)34)12-21(33)27-11-16-6-4-5-7-18(16)26/h4-10,14H,3,11-13H2,1-2H3,(H,27,33). The van der Waals surface area contributed by atoms with Crippen LogP contribution in [0.5, 0.6) is 0 Å². The summed E-state index contributed by atoms with van der Waals surface area (Å²) in [7, 11) is 0. The van der Waals surface area contributed by atoms with Crippen molar-refractivity contribution in [3.63, 3.8) is 0 Å². The van der Waals surface area contributed by atoms with E-state index < -0.39 is 0 Å². The molecule has 5 aromatic rings. The molecule has 9 nitrogen and oxygen atoms in total. The van der Waals surface area contributed by atoms with Crippen molar-refractivity contribution in [1.29, 1.82) is 0 Å². The number of hydrogen-bond donors (Lipinski definition) is 1. The Balaban J connectivity index is 1.53. The van der Waals surface area contributed by atoms with E-state index in [9.17, 15) is 9.59 Å². The molecule has 2 aromatic carbocycles. The number of halogens is 1. The second-order valence-electron chi connectivity index (χ2n) is 8.31. The molecule has 1 amide bonds. The van der Waals surface area contributed by atoms with Crippen molar-refractivity contribution < 1.29 is 9.32 Å². The van der Waals surface area contributed by atoms with Gasteiger partial charge >= 0.3 is 0 Å². The van der Waals surface area contributed by atoms with Crippen molar-refractivity contribution in [2.45, 2.75) is 39.9 Å². The van der Waals surface area contributed by atoms with Gasteiger partial charge < -0.3 is 14.4 Å². The fourth-order valence-electron chi connectivity index (χ4n) is 4.07. The number of nitrogens with one attached hydrogen (secondary N) is 1. The summed E-state index contributed by atoms with van der Waals surface area (Å²) in [5, 5.41) is 8.18. The normalized spacial score (nSPS) is 11.4. The molecule has 0 fully saturated rings. The van der Waals surface area contributed by atoms with Gasteiger partial charge in [0.2, 0.25) is 11.8 Å². The summed E-state index contributed by atoms with van der Waals surface area (Å²) in [4.78, 5) is 35.3. The average Bonchev–Trinajstić information content (AvgIpc) is 3.43. The Morgan fingerprint density at radius 3 is 2.80 bits per heavy atom. The molecule has 0 aliphatic heterocycles. The first kappa shape index (κ1) is 22.8. The SMILES string of the molecule is CCc1noc(Cn2cnc3c4cc(C)ccc4n(CC(=O)NCc4ccccc4Cl)c3c2=O)n1. The maximum atomic E-state index is 13.6. The first-order valence-electron chi connectivity index (χ1n) is 11.2. The predicted molar refractivity (Wildman–Crippen MR) is 132 cm³/mol. The minimum Gasteiger partial charge on any atom is -0.350 e. The molecule has 3 aromatic heterocycles. The second-order valence-corrected chi connectivity index (χ2v) is 8.71. The molecule has 35 heavy (non-hydrogen) atoms. The number of rotatable bonds is 7. The van der Waals surface area contributed by atoms with Gasteiger partial charge in [-0.15, -0.1) is 0 Å². The first-order chi connectivity index (χ1) is 16.9. The van der Waals surface area contributed by atoms with E-state index >= 15 is 0 Å². The van der Waals surface area contributed by atoms with Crippen LogP contribution in [0.15, 0.2) is 58.1 Å². The molecule has 0 aliphatic carbocycles. The van der Waals surface area contributed by atoms with Gasteiger partial charge in [-0.1, -0.05) is 53.5 Å². The number of hydrogen-bond acceptors (Lipinski definition) is 6. The molecule has 5 rings (SSSR count). The van der Waals surface area contributed by atoms with E-state index in [0.717, 1.165) is 22.0 Å². The minimum atomic E-state index is -0.293. The summed E-state index contributed by atoms with van der Waals surface area (Å²) < 4.78 is 8.38. The van der Waals surface area contributed by atoms with Crippen molar-refractivity contribution in [3.05, 3.63) is 87.0 Å². The largest absolute Gasteiger partial charge is 0.350 e. The number of aromatic nitrogens is 5. The molecule has 0 atom stereocenters.